The highest BCUT2D eigenvalue weighted by atomic mass is 79.9. The first-order valence-electron chi connectivity index (χ1n) is 4.22. The number of carbonyl (C=O) groups is 1. The standard InChI is InChI=1S/C9H9BrO4/c10-7-2-1-6(14-7)9(8(11)12)3-4-13-5-9/h1-2H,3-5H2,(H,11,12). The zero-order chi connectivity index (χ0) is 10.2. The third-order valence-electron chi connectivity index (χ3n) is 2.48. The summed E-state index contributed by atoms with van der Waals surface area (Å²) < 4.78 is 11.0. The van der Waals surface area contributed by atoms with Crippen molar-refractivity contribution in [3.05, 3.63) is 22.6 Å². The van der Waals surface area contributed by atoms with Gasteiger partial charge >= 0.3 is 5.97 Å². The quantitative estimate of drug-likeness (QED) is 0.881. The lowest BCUT2D eigenvalue weighted by molar-refractivity contribution is -0.144. The Morgan fingerprint density at radius 1 is 1.57 bits per heavy atom. The topological polar surface area (TPSA) is 59.7 Å². The lowest BCUT2D eigenvalue weighted by atomic mass is 9.85. The van der Waals surface area contributed by atoms with Crippen molar-refractivity contribution in [3.8, 4) is 0 Å². The van der Waals surface area contributed by atoms with Gasteiger partial charge in [-0.15, -0.1) is 0 Å². The molecular weight excluding hydrogens is 252 g/mol. The number of carboxylic acid groups (broad SMARTS) is 1. The number of rotatable bonds is 2. The number of aliphatic carboxylic acids is 1. The predicted molar refractivity (Wildman–Crippen MR) is 51.2 cm³/mol. The van der Waals surface area contributed by atoms with Crippen LogP contribution in [0.15, 0.2) is 21.2 Å². The molecule has 0 aromatic carbocycles. The molecule has 0 spiro atoms. The Kier molecular flexibility index (Phi) is 2.36. The molecular formula is C9H9BrO4. The molecule has 0 bridgehead atoms. The second kappa shape index (κ2) is 3.40. The number of hydrogen-bond acceptors (Lipinski definition) is 3. The zero-order valence-corrected chi connectivity index (χ0v) is 8.91. The summed E-state index contributed by atoms with van der Waals surface area (Å²) in [6.07, 6.45) is 0.461. The third-order valence-corrected chi connectivity index (χ3v) is 2.90. The molecule has 1 unspecified atom stereocenters. The van der Waals surface area contributed by atoms with Crippen molar-refractivity contribution >= 4 is 21.9 Å². The van der Waals surface area contributed by atoms with Crippen LogP contribution < -0.4 is 0 Å². The Labute approximate surface area is 89.0 Å². The van der Waals surface area contributed by atoms with Crippen molar-refractivity contribution in [2.24, 2.45) is 0 Å². The molecule has 1 atom stereocenters. The van der Waals surface area contributed by atoms with Crippen molar-refractivity contribution in [2.75, 3.05) is 13.2 Å². The smallest absolute Gasteiger partial charge is 0.319 e. The minimum atomic E-state index is -0.994. The first kappa shape index (κ1) is 9.73. The predicted octanol–water partition coefficient (Wildman–Crippen LogP) is 1.78. The van der Waals surface area contributed by atoms with Crippen molar-refractivity contribution in [1.82, 2.24) is 0 Å². The van der Waals surface area contributed by atoms with Crippen LogP contribution in [0.5, 0.6) is 0 Å². The molecule has 0 aliphatic carbocycles. The molecule has 2 heterocycles. The second-order valence-corrected chi connectivity index (χ2v) is 4.08. The molecule has 1 aromatic rings. The van der Waals surface area contributed by atoms with Gasteiger partial charge in [-0.1, -0.05) is 0 Å². The van der Waals surface area contributed by atoms with E-state index in [0.717, 1.165) is 0 Å². The lowest BCUT2D eigenvalue weighted by Gasteiger charge is -2.18. The van der Waals surface area contributed by atoms with Crippen LogP contribution in [-0.2, 0) is 14.9 Å². The van der Waals surface area contributed by atoms with E-state index in [1.54, 1.807) is 12.1 Å². The van der Waals surface area contributed by atoms with Gasteiger partial charge in [0.15, 0.2) is 10.1 Å². The molecule has 1 aliphatic rings. The minimum absolute atomic E-state index is 0.183. The van der Waals surface area contributed by atoms with Crippen LogP contribution in [0.4, 0.5) is 0 Å². The van der Waals surface area contributed by atoms with Gasteiger partial charge in [0.05, 0.1) is 6.61 Å². The summed E-state index contributed by atoms with van der Waals surface area (Å²) in [5.41, 5.74) is -0.994. The van der Waals surface area contributed by atoms with Gasteiger partial charge in [0.1, 0.15) is 5.76 Å². The monoisotopic (exact) mass is 260 g/mol. The molecule has 5 heteroatoms. The average molecular weight is 261 g/mol. The number of ether oxygens (including phenoxy) is 1. The first-order chi connectivity index (χ1) is 6.65. The summed E-state index contributed by atoms with van der Waals surface area (Å²) in [7, 11) is 0. The highest BCUT2D eigenvalue weighted by Gasteiger charge is 2.46. The van der Waals surface area contributed by atoms with E-state index >= 15 is 0 Å². The fourth-order valence-corrected chi connectivity index (χ4v) is 1.91. The van der Waals surface area contributed by atoms with Crippen LogP contribution in [0.2, 0.25) is 0 Å². The molecule has 0 amide bonds. The fourth-order valence-electron chi connectivity index (χ4n) is 1.60. The SMILES string of the molecule is O=C(O)C1(c2ccc(Br)o2)CCOC1. The first-order valence-corrected chi connectivity index (χ1v) is 5.01. The number of halogens is 1. The van der Waals surface area contributed by atoms with Crippen LogP contribution in [0.3, 0.4) is 0 Å². The Morgan fingerprint density at radius 2 is 2.36 bits per heavy atom. The summed E-state index contributed by atoms with van der Waals surface area (Å²) in [5.74, 6) is -0.439. The van der Waals surface area contributed by atoms with E-state index in [4.69, 9.17) is 9.15 Å². The van der Waals surface area contributed by atoms with Crippen molar-refractivity contribution in [2.45, 2.75) is 11.8 Å². The van der Waals surface area contributed by atoms with Gasteiger partial charge in [0, 0.05) is 6.61 Å². The van der Waals surface area contributed by atoms with Crippen LogP contribution >= 0.6 is 15.9 Å². The van der Waals surface area contributed by atoms with Gasteiger partial charge in [0.25, 0.3) is 0 Å². The fraction of sp³-hybridized carbons (Fsp3) is 0.444. The maximum Gasteiger partial charge on any atom is 0.319 e. The Morgan fingerprint density at radius 3 is 2.79 bits per heavy atom. The summed E-state index contributed by atoms with van der Waals surface area (Å²) in [6.45, 7) is 0.646. The van der Waals surface area contributed by atoms with Crippen molar-refractivity contribution in [1.29, 1.82) is 0 Å². The molecule has 0 saturated carbocycles. The zero-order valence-electron chi connectivity index (χ0n) is 7.33. The van der Waals surface area contributed by atoms with Gasteiger partial charge < -0.3 is 14.3 Å². The van der Waals surface area contributed by atoms with E-state index in [1.165, 1.54) is 0 Å². The summed E-state index contributed by atoms with van der Waals surface area (Å²) in [4.78, 5) is 11.2. The molecule has 4 nitrogen and oxygen atoms in total. The highest BCUT2D eigenvalue weighted by molar-refractivity contribution is 9.10. The third kappa shape index (κ3) is 1.36. The van der Waals surface area contributed by atoms with Gasteiger partial charge in [-0.05, 0) is 34.5 Å². The van der Waals surface area contributed by atoms with Crippen LogP contribution in [0.25, 0.3) is 0 Å². The molecule has 1 aliphatic heterocycles. The molecule has 14 heavy (non-hydrogen) atoms. The molecule has 76 valence electrons. The number of carboxylic acids is 1. The molecule has 1 fully saturated rings. The Balaban J connectivity index is 2.41. The molecule has 1 saturated heterocycles. The number of furan rings is 1. The van der Waals surface area contributed by atoms with Gasteiger partial charge in [-0.25, -0.2) is 0 Å². The summed E-state index contributed by atoms with van der Waals surface area (Å²) >= 11 is 3.15. The Hall–Kier alpha value is -0.810. The van der Waals surface area contributed by atoms with E-state index in [1.807, 2.05) is 0 Å². The van der Waals surface area contributed by atoms with Gasteiger partial charge in [-0.3, -0.25) is 4.79 Å². The maximum atomic E-state index is 11.2. The van der Waals surface area contributed by atoms with Crippen LogP contribution in [0.1, 0.15) is 12.2 Å². The van der Waals surface area contributed by atoms with Crippen molar-refractivity contribution < 1.29 is 19.1 Å². The minimum Gasteiger partial charge on any atom is -0.480 e. The van der Waals surface area contributed by atoms with E-state index in [2.05, 4.69) is 15.9 Å². The van der Waals surface area contributed by atoms with Crippen molar-refractivity contribution in [3.63, 3.8) is 0 Å². The van der Waals surface area contributed by atoms with E-state index in [9.17, 15) is 9.90 Å². The largest absolute Gasteiger partial charge is 0.480 e. The summed E-state index contributed by atoms with van der Waals surface area (Å²) in [5, 5.41) is 9.17. The normalized spacial score (nSPS) is 26.6. The molecule has 1 aromatic heterocycles. The van der Waals surface area contributed by atoms with E-state index in [-0.39, 0.29) is 6.61 Å². The number of hydrogen-bond donors (Lipinski definition) is 1. The average Bonchev–Trinajstić information content (AvgIpc) is 2.71. The second-order valence-electron chi connectivity index (χ2n) is 3.29. The van der Waals surface area contributed by atoms with Crippen LogP contribution in [-0.4, -0.2) is 24.3 Å². The van der Waals surface area contributed by atoms with E-state index in [0.29, 0.717) is 23.5 Å². The maximum absolute atomic E-state index is 11.2. The van der Waals surface area contributed by atoms with E-state index < -0.39 is 11.4 Å². The Bertz CT molecular complexity index is 351. The van der Waals surface area contributed by atoms with Crippen LogP contribution in [0, 0.1) is 0 Å². The highest BCUT2D eigenvalue weighted by Crippen LogP contribution is 2.35. The van der Waals surface area contributed by atoms with Gasteiger partial charge in [-0.2, -0.15) is 0 Å². The molecule has 1 N–H and O–H groups in total. The molecule has 0 radical (unpaired) electrons. The summed E-state index contributed by atoms with van der Waals surface area (Å²) in [6, 6.07) is 3.37. The lowest BCUT2D eigenvalue weighted by Crippen LogP contribution is -2.35. The molecule has 2 rings (SSSR count). The van der Waals surface area contributed by atoms with Gasteiger partial charge in [0.2, 0.25) is 0 Å².